The van der Waals surface area contributed by atoms with Crippen molar-refractivity contribution in [3.05, 3.63) is 41.5 Å². The fourth-order valence-corrected chi connectivity index (χ4v) is 5.27. The smallest absolute Gasteiger partial charge is 0.247 e. The maximum Gasteiger partial charge on any atom is 0.247 e. The van der Waals surface area contributed by atoms with Gasteiger partial charge in [-0.1, -0.05) is 43.9 Å². The molecule has 1 saturated heterocycles. The van der Waals surface area contributed by atoms with Gasteiger partial charge in [-0.25, -0.2) is 0 Å². The Hall–Kier alpha value is -3.20. The Balaban J connectivity index is 1.45. The number of ether oxygens (including phenoxy) is 2. The van der Waals surface area contributed by atoms with E-state index in [2.05, 4.69) is 16.0 Å². The molecule has 1 saturated carbocycles. The van der Waals surface area contributed by atoms with Crippen LogP contribution in [0.1, 0.15) is 63.9 Å². The number of carbonyl (C=O) groups is 4. The number of amides is 3. The van der Waals surface area contributed by atoms with Crippen LogP contribution in [0.3, 0.4) is 0 Å². The van der Waals surface area contributed by atoms with E-state index in [0.29, 0.717) is 36.7 Å². The highest BCUT2D eigenvalue weighted by Crippen LogP contribution is 2.30. The standard InChI is InChI=1S/C29H39N3O6/c1-18(30-28(35)21-9-5-6-10-21)27(34)32-24(16-20-11-13-22(37-2)14-12-20)29(36)31-23(26(33)25-17-38-25)15-19-7-3-4-8-19/h9,11-14,18-19,23-25H,3-8,10,15-17H2,1-2H3,(H,30,35)(H,31,36)(H,32,34)/t18-,23+,24+,25-/m1/s1. The van der Waals surface area contributed by atoms with Gasteiger partial charge in [0.25, 0.3) is 0 Å². The van der Waals surface area contributed by atoms with Gasteiger partial charge >= 0.3 is 0 Å². The summed E-state index contributed by atoms with van der Waals surface area (Å²) in [5.41, 5.74) is 1.51. The molecule has 3 aliphatic rings. The maximum atomic E-state index is 13.6. The number of carbonyl (C=O) groups excluding carboxylic acids is 4. The number of methoxy groups -OCH3 is 1. The quantitative estimate of drug-likeness (QED) is 0.340. The SMILES string of the molecule is COc1ccc(C[C@H](NC(=O)[C@@H](C)NC(=O)C2=CCCC2)C(=O)N[C@@H](CC2CCCC2)C(=O)[C@H]2CO2)cc1. The van der Waals surface area contributed by atoms with E-state index in [1.54, 1.807) is 26.2 Å². The van der Waals surface area contributed by atoms with E-state index in [9.17, 15) is 19.2 Å². The first-order valence-corrected chi connectivity index (χ1v) is 13.7. The number of nitrogens with one attached hydrogen (secondary N) is 3. The lowest BCUT2D eigenvalue weighted by atomic mass is 9.94. The fraction of sp³-hybridized carbons (Fsp3) is 0.586. The monoisotopic (exact) mass is 525 g/mol. The van der Waals surface area contributed by atoms with Crippen LogP contribution < -0.4 is 20.7 Å². The molecule has 3 amide bonds. The van der Waals surface area contributed by atoms with Crippen molar-refractivity contribution >= 4 is 23.5 Å². The average molecular weight is 526 g/mol. The first-order chi connectivity index (χ1) is 18.3. The van der Waals surface area contributed by atoms with E-state index in [1.807, 2.05) is 18.2 Å². The van der Waals surface area contributed by atoms with Gasteiger partial charge in [-0.05, 0) is 56.2 Å². The lowest BCUT2D eigenvalue weighted by molar-refractivity contribution is -0.133. The van der Waals surface area contributed by atoms with E-state index in [-0.39, 0.29) is 18.1 Å². The lowest BCUT2D eigenvalue weighted by Gasteiger charge is -2.25. The van der Waals surface area contributed by atoms with Crippen LogP contribution >= 0.6 is 0 Å². The van der Waals surface area contributed by atoms with Crippen molar-refractivity contribution in [2.24, 2.45) is 5.92 Å². The minimum Gasteiger partial charge on any atom is -0.497 e. The molecule has 2 aliphatic carbocycles. The average Bonchev–Trinajstić information content (AvgIpc) is 3.36. The topological polar surface area (TPSA) is 126 Å². The van der Waals surface area contributed by atoms with E-state index in [1.165, 1.54) is 0 Å². The third kappa shape index (κ3) is 7.66. The van der Waals surface area contributed by atoms with E-state index in [4.69, 9.17) is 9.47 Å². The summed E-state index contributed by atoms with van der Waals surface area (Å²) >= 11 is 0. The zero-order valence-electron chi connectivity index (χ0n) is 22.3. The van der Waals surface area contributed by atoms with Crippen molar-refractivity contribution in [3.8, 4) is 5.75 Å². The summed E-state index contributed by atoms with van der Waals surface area (Å²) in [4.78, 5) is 52.1. The molecule has 3 N–H and O–H groups in total. The van der Waals surface area contributed by atoms with Crippen LogP contribution in [0, 0.1) is 5.92 Å². The molecule has 0 aromatic heterocycles. The fourth-order valence-electron chi connectivity index (χ4n) is 5.27. The Bertz CT molecular complexity index is 1040. The van der Waals surface area contributed by atoms with Gasteiger partial charge in [0, 0.05) is 12.0 Å². The first kappa shape index (κ1) is 27.8. The second kappa shape index (κ2) is 13.0. The van der Waals surface area contributed by atoms with Crippen molar-refractivity contribution in [3.63, 3.8) is 0 Å². The molecule has 38 heavy (non-hydrogen) atoms. The number of rotatable bonds is 13. The Kier molecular flexibility index (Phi) is 9.55. The molecule has 0 unspecified atom stereocenters. The second-order valence-corrected chi connectivity index (χ2v) is 10.6. The summed E-state index contributed by atoms with van der Waals surface area (Å²) in [6.07, 6.45) is 9.08. The van der Waals surface area contributed by atoms with Crippen LogP contribution in [0.4, 0.5) is 0 Å². The normalized spacial score (nSPS) is 21.1. The van der Waals surface area contributed by atoms with Crippen LogP contribution in [0.15, 0.2) is 35.9 Å². The molecule has 9 nitrogen and oxygen atoms in total. The summed E-state index contributed by atoms with van der Waals surface area (Å²) in [5, 5.41) is 8.48. The van der Waals surface area contributed by atoms with Gasteiger partial charge in [0.15, 0.2) is 5.78 Å². The van der Waals surface area contributed by atoms with Crippen molar-refractivity contribution < 1.29 is 28.7 Å². The first-order valence-electron chi connectivity index (χ1n) is 13.7. The molecule has 0 radical (unpaired) electrons. The van der Waals surface area contributed by atoms with Crippen LogP contribution in [-0.4, -0.2) is 61.5 Å². The molecule has 2 fully saturated rings. The number of ketones is 1. The van der Waals surface area contributed by atoms with Crippen molar-refractivity contribution in [2.45, 2.75) is 88.9 Å². The number of hydrogen-bond acceptors (Lipinski definition) is 6. The molecule has 1 aliphatic heterocycles. The van der Waals surface area contributed by atoms with Gasteiger partial charge in [0.1, 0.15) is 23.9 Å². The van der Waals surface area contributed by atoms with Gasteiger partial charge in [-0.15, -0.1) is 0 Å². The summed E-state index contributed by atoms with van der Waals surface area (Å²) in [6, 6.07) is 4.85. The van der Waals surface area contributed by atoms with Crippen LogP contribution in [0.2, 0.25) is 0 Å². The zero-order valence-corrected chi connectivity index (χ0v) is 22.3. The van der Waals surface area contributed by atoms with Gasteiger partial charge in [-0.2, -0.15) is 0 Å². The second-order valence-electron chi connectivity index (χ2n) is 10.6. The number of hydrogen-bond donors (Lipinski definition) is 3. The highest BCUT2D eigenvalue weighted by molar-refractivity contribution is 5.99. The zero-order chi connectivity index (χ0) is 27.1. The van der Waals surface area contributed by atoms with Crippen molar-refractivity contribution in [1.29, 1.82) is 0 Å². The maximum absolute atomic E-state index is 13.6. The molecule has 4 rings (SSSR count). The summed E-state index contributed by atoms with van der Waals surface area (Å²) in [5.74, 6) is -0.183. The number of epoxide rings is 1. The molecule has 206 valence electrons. The van der Waals surface area contributed by atoms with Crippen LogP contribution in [-0.2, 0) is 30.3 Å². The largest absolute Gasteiger partial charge is 0.497 e. The third-order valence-corrected chi connectivity index (χ3v) is 7.66. The molecular formula is C29H39N3O6. The van der Waals surface area contributed by atoms with E-state index >= 15 is 0 Å². The summed E-state index contributed by atoms with van der Waals surface area (Å²) < 4.78 is 10.4. The molecule has 1 aromatic rings. The molecule has 0 spiro atoms. The van der Waals surface area contributed by atoms with Gasteiger partial charge < -0.3 is 25.4 Å². The predicted molar refractivity (Wildman–Crippen MR) is 141 cm³/mol. The predicted octanol–water partition coefficient (Wildman–Crippen LogP) is 2.37. The molecular weight excluding hydrogens is 486 g/mol. The van der Waals surface area contributed by atoms with Gasteiger partial charge in [0.2, 0.25) is 17.7 Å². The van der Waals surface area contributed by atoms with Crippen LogP contribution in [0.5, 0.6) is 5.75 Å². The van der Waals surface area contributed by atoms with E-state index < -0.39 is 36.0 Å². The lowest BCUT2D eigenvalue weighted by Crippen LogP contribution is -2.56. The Morgan fingerprint density at radius 3 is 2.26 bits per heavy atom. The van der Waals surface area contributed by atoms with Crippen molar-refractivity contribution in [2.75, 3.05) is 13.7 Å². The Labute approximate surface area is 224 Å². The molecule has 9 heteroatoms. The van der Waals surface area contributed by atoms with Crippen molar-refractivity contribution in [1.82, 2.24) is 16.0 Å². The third-order valence-electron chi connectivity index (χ3n) is 7.66. The summed E-state index contributed by atoms with van der Waals surface area (Å²) in [6.45, 7) is 1.98. The molecule has 1 aromatic carbocycles. The number of benzene rings is 1. The highest BCUT2D eigenvalue weighted by atomic mass is 16.6. The number of Topliss-reactive ketones (excluding diaryl/α,β-unsaturated/α-hetero) is 1. The Morgan fingerprint density at radius 2 is 1.66 bits per heavy atom. The van der Waals surface area contributed by atoms with E-state index in [0.717, 1.165) is 44.1 Å². The molecule has 0 bridgehead atoms. The number of allylic oxidation sites excluding steroid dienone is 1. The van der Waals surface area contributed by atoms with Gasteiger partial charge in [0.05, 0.1) is 19.8 Å². The van der Waals surface area contributed by atoms with Gasteiger partial charge in [-0.3, -0.25) is 19.2 Å². The minimum absolute atomic E-state index is 0.106. The Morgan fingerprint density at radius 1 is 0.974 bits per heavy atom. The molecule has 4 atom stereocenters. The highest BCUT2D eigenvalue weighted by Gasteiger charge is 2.39. The summed E-state index contributed by atoms with van der Waals surface area (Å²) in [7, 11) is 1.58. The molecule has 1 heterocycles. The minimum atomic E-state index is -0.931. The van der Waals surface area contributed by atoms with Crippen LogP contribution in [0.25, 0.3) is 0 Å².